The molecule has 0 saturated heterocycles. The molecule has 30 heavy (non-hydrogen) atoms. The van der Waals surface area contributed by atoms with Crippen molar-refractivity contribution in [2.75, 3.05) is 28.7 Å². The van der Waals surface area contributed by atoms with Crippen molar-refractivity contribution in [3.63, 3.8) is 0 Å². The van der Waals surface area contributed by atoms with E-state index in [1.807, 2.05) is 4.90 Å². The van der Waals surface area contributed by atoms with Gasteiger partial charge in [-0.3, -0.25) is 4.90 Å². The highest BCUT2D eigenvalue weighted by Gasteiger charge is 2.21. The molecule has 1 aliphatic rings. The van der Waals surface area contributed by atoms with Gasteiger partial charge in [-0.2, -0.15) is 0 Å². The van der Waals surface area contributed by atoms with E-state index in [0.29, 0.717) is 18.1 Å². The Kier molecular flexibility index (Phi) is 5.55. The van der Waals surface area contributed by atoms with Crippen molar-refractivity contribution in [3.05, 3.63) is 76.9 Å². The van der Waals surface area contributed by atoms with Gasteiger partial charge in [0.05, 0.1) is 16.4 Å². The lowest BCUT2D eigenvalue weighted by molar-refractivity contribution is 0.258. The molecular formula is C22H19ClF2N4O. The van der Waals surface area contributed by atoms with Crippen LogP contribution in [0.15, 0.2) is 54.7 Å². The third kappa shape index (κ3) is 3.93. The molecule has 0 atom stereocenters. The van der Waals surface area contributed by atoms with Crippen molar-refractivity contribution in [1.29, 1.82) is 0 Å². The largest absolute Gasteiger partial charge is 0.326 e. The number of fused-ring (bicyclic) bond motifs is 1. The number of pyridine rings is 1. The minimum atomic E-state index is -0.619. The number of para-hydroxylation sites is 1. The van der Waals surface area contributed by atoms with Crippen LogP contribution in [0.2, 0.25) is 5.02 Å². The standard InChI is InChI=1S/C22H19ClF2N4O/c1-28(22(30)27-21-17(23)5-2-6-18(21)25)16-9-10-26-20(13-16)29-11-3-4-14-7-8-15(24)12-19(14)29/h2,5-10,12-13H,3-4,11H2,1H3,(H,27,30). The van der Waals surface area contributed by atoms with E-state index >= 15 is 0 Å². The van der Waals surface area contributed by atoms with Crippen molar-refractivity contribution in [2.24, 2.45) is 0 Å². The van der Waals surface area contributed by atoms with Gasteiger partial charge in [-0.15, -0.1) is 0 Å². The molecule has 0 bridgehead atoms. The zero-order valence-electron chi connectivity index (χ0n) is 16.2. The summed E-state index contributed by atoms with van der Waals surface area (Å²) in [7, 11) is 1.56. The molecule has 8 heteroatoms. The van der Waals surface area contributed by atoms with Crippen molar-refractivity contribution < 1.29 is 13.6 Å². The van der Waals surface area contributed by atoms with Crippen LogP contribution < -0.4 is 15.1 Å². The maximum Gasteiger partial charge on any atom is 0.326 e. The maximum absolute atomic E-state index is 14.0. The normalized spacial score (nSPS) is 13.0. The molecule has 4 rings (SSSR count). The third-order valence-electron chi connectivity index (χ3n) is 5.06. The van der Waals surface area contributed by atoms with E-state index in [-0.39, 0.29) is 16.5 Å². The summed E-state index contributed by atoms with van der Waals surface area (Å²) in [6.07, 6.45) is 3.36. The summed E-state index contributed by atoms with van der Waals surface area (Å²) in [5.74, 6) is -0.329. The molecule has 0 saturated carbocycles. The van der Waals surface area contributed by atoms with Crippen LogP contribution >= 0.6 is 11.6 Å². The SMILES string of the molecule is CN(C(=O)Nc1c(F)cccc1Cl)c1ccnc(N2CCCc3ccc(F)cc32)c1. The van der Waals surface area contributed by atoms with Gasteiger partial charge >= 0.3 is 6.03 Å². The topological polar surface area (TPSA) is 48.5 Å². The van der Waals surface area contributed by atoms with Crippen LogP contribution in [0.5, 0.6) is 0 Å². The lowest BCUT2D eigenvalue weighted by Crippen LogP contribution is -2.32. The van der Waals surface area contributed by atoms with Crippen molar-refractivity contribution >= 4 is 40.5 Å². The van der Waals surface area contributed by atoms with Crippen LogP contribution in [0.4, 0.5) is 36.5 Å². The molecule has 1 aromatic heterocycles. The van der Waals surface area contributed by atoms with Gasteiger partial charge in [0.2, 0.25) is 0 Å². The quantitative estimate of drug-likeness (QED) is 0.576. The number of benzene rings is 2. The first-order chi connectivity index (χ1) is 14.4. The van der Waals surface area contributed by atoms with Crippen molar-refractivity contribution in [1.82, 2.24) is 4.98 Å². The molecule has 0 spiro atoms. The Bertz CT molecular complexity index is 1090. The van der Waals surface area contributed by atoms with Crippen molar-refractivity contribution in [2.45, 2.75) is 12.8 Å². The monoisotopic (exact) mass is 428 g/mol. The number of aryl methyl sites for hydroxylation is 1. The van der Waals surface area contributed by atoms with Gasteiger partial charge in [0.1, 0.15) is 17.5 Å². The molecule has 3 aromatic rings. The highest BCUT2D eigenvalue weighted by atomic mass is 35.5. The van der Waals surface area contributed by atoms with Gasteiger partial charge in [0, 0.05) is 31.5 Å². The number of amides is 2. The Hall–Kier alpha value is -3.19. The van der Waals surface area contributed by atoms with E-state index in [1.54, 1.807) is 31.4 Å². The Balaban J connectivity index is 1.60. The maximum atomic E-state index is 14.0. The zero-order chi connectivity index (χ0) is 21.3. The second-order valence-corrected chi connectivity index (χ2v) is 7.39. The van der Waals surface area contributed by atoms with Crippen molar-refractivity contribution in [3.8, 4) is 0 Å². The van der Waals surface area contributed by atoms with Gasteiger partial charge in [0.25, 0.3) is 0 Å². The first-order valence-electron chi connectivity index (χ1n) is 9.45. The van der Waals surface area contributed by atoms with Crippen LogP contribution in [-0.4, -0.2) is 24.6 Å². The molecule has 154 valence electrons. The fourth-order valence-electron chi connectivity index (χ4n) is 3.47. The second-order valence-electron chi connectivity index (χ2n) is 6.99. The fourth-order valence-corrected chi connectivity index (χ4v) is 3.69. The summed E-state index contributed by atoms with van der Waals surface area (Å²) >= 11 is 5.99. The van der Waals surface area contributed by atoms with Crippen LogP contribution in [-0.2, 0) is 6.42 Å². The van der Waals surface area contributed by atoms with Gasteiger partial charge in [-0.1, -0.05) is 23.7 Å². The van der Waals surface area contributed by atoms with E-state index in [1.165, 1.54) is 35.2 Å². The molecule has 2 heterocycles. The average Bonchev–Trinajstić information content (AvgIpc) is 2.75. The first-order valence-corrected chi connectivity index (χ1v) is 9.82. The van der Waals surface area contributed by atoms with Crippen LogP contribution in [0.3, 0.4) is 0 Å². The number of hydrogen-bond acceptors (Lipinski definition) is 3. The summed E-state index contributed by atoms with van der Waals surface area (Å²) in [6.45, 7) is 0.688. The van der Waals surface area contributed by atoms with E-state index in [9.17, 15) is 13.6 Å². The van der Waals surface area contributed by atoms with E-state index < -0.39 is 11.8 Å². The molecule has 0 aliphatic carbocycles. The van der Waals surface area contributed by atoms with E-state index in [2.05, 4.69) is 10.3 Å². The van der Waals surface area contributed by atoms with Gasteiger partial charge in [-0.25, -0.2) is 18.6 Å². The lowest BCUT2D eigenvalue weighted by atomic mass is 10.0. The number of nitrogens with zero attached hydrogens (tertiary/aromatic N) is 3. The molecule has 2 aromatic carbocycles. The predicted octanol–water partition coefficient (Wildman–Crippen LogP) is 5.77. The number of carbonyl (C=O) groups is 1. The number of anilines is 4. The predicted molar refractivity (Wildman–Crippen MR) is 115 cm³/mol. The van der Waals surface area contributed by atoms with Gasteiger partial charge in [-0.05, 0) is 48.7 Å². The van der Waals surface area contributed by atoms with E-state index in [4.69, 9.17) is 11.6 Å². The zero-order valence-corrected chi connectivity index (χ0v) is 17.0. The second kappa shape index (κ2) is 8.28. The number of aromatic nitrogens is 1. The molecule has 1 N–H and O–H groups in total. The fraction of sp³-hybridized carbons (Fsp3) is 0.182. The Morgan fingerprint density at radius 2 is 2.03 bits per heavy atom. The highest BCUT2D eigenvalue weighted by molar-refractivity contribution is 6.33. The summed E-state index contributed by atoms with van der Waals surface area (Å²) in [5.41, 5.74) is 2.30. The summed E-state index contributed by atoms with van der Waals surface area (Å²) < 4.78 is 27.8. The summed E-state index contributed by atoms with van der Waals surface area (Å²) in [4.78, 5) is 20.3. The third-order valence-corrected chi connectivity index (χ3v) is 5.37. The number of urea groups is 1. The van der Waals surface area contributed by atoms with Gasteiger partial charge in [0.15, 0.2) is 0 Å². The van der Waals surface area contributed by atoms with E-state index in [0.717, 1.165) is 24.1 Å². The number of halogens is 3. The van der Waals surface area contributed by atoms with Crippen LogP contribution in [0.1, 0.15) is 12.0 Å². The average molecular weight is 429 g/mol. The molecule has 0 fully saturated rings. The molecule has 0 unspecified atom stereocenters. The minimum Gasteiger partial charge on any atom is -0.326 e. The number of rotatable bonds is 3. The Morgan fingerprint density at radius 3 is 2.83 bits per heavy atom. The first kappa shape index (κ1) is 20.1. The smallest absolute Gasteiger partial charge is 0.326 e. The number of nitrogens with one attached hydrogen (secondary N) is 1. The number of hydrogen-bond donors (Lipinski definition) is 1. The van der Waals surface area contributed by atoms with Gasteiger partial charge < -0.3 is 10.2 Å². The molecule has 2 amide bonds. The summed E-state index contributed by atoms with van der Waals surface area (Å²) in [5, 5.41) is 2.61. The molecule has 0 radical (unpaired) electrons. The highest BCUT2D eigenvalue weighted by Crippen LogP contribution is 2.34. The lowest BCUT2D eigenvalue weighted by Gasteiger charge is -2.31. The minimum absolute atomic E-state index is 0.0780. The van der Waals surface area contributed by atoms with Crippen LogP contribution in [0, 0.1) is 11.6 Å². The Labute approximate surface area is 177 Å². The molecule has 1 aliphatic heterocycles. The number of carbonyl (C=O) groups excluding carboxylic acids is 1. The molecule has 5 nitrogen and oxygen atoms in total. The Morgan fingerprint density at radius 1 is 1.20 bits per heavy atom. The molecular weight excluding hydrogens is 410 g/mol. The summed E-state index contributed by atoms with van der Waals surface area (Å²) in [6, 6.07) is 11.8. The van der Waals surface area contributed by atoms with Crippen LogP contribution in [0.25, 0.3) is 0 Å².